The molecule has 5 heterocycles. The van der Waals surface area contributed by atoms with Crippen molar-refractivity contribution in [2.24, 2.45) is 35.5 Å². The molecule has 2 bridgehead atoms. The summed E-state index contributed by atoms with van der Waals surface area (Å²) < 4.78 is 31.1. The highest BCUT2D eigenvalue weighted by Crippen LogP contribution is 2.38. The molecule has 1 aromatic carbocycles. The quantitative estimate of drug-likeness (QED) is 0.0837. The molecule has 1 aliphatic carbocycles. The first-order valence-corrected chi connectivity index (χ1v) is 31.8. The van der Waals surface area contributed by atoms with Gasteiger partial charge in [0.1, 0.15) is 35.8 Å². The Labute approximate surface area is 520 Å². The normalized spacial score (nSPS) is 32.7. The van der Waals surface area contributed by atoms with E-state index in [2.05, 4.69) is 15.3 Å². The maximum absolute atomic E-state index is 14.4. The SMILES string of the molecule is CCNc1nc(C)c2cc(-c3ccccc3)c(=O)n(CC)c2n1.CO[C@H]1C[C@@H]2CC[C@@H](C)[C@@](O)(O2)C(=O)C(=O)N2CCCC[C@H]2C(=O)O[C@H]([C@H](C)C[C@@H]2CC[C@@H](O)[C@H](OC)C2)CC(=O)[C@H](C)/C=C(\C)[C@@H](O)[C@@H](OC)C(=O)[C@H](C)C[C@H](C)/C=C/C=C/C=C/1C. The Kier molecular flexibility index (Phi) is 26.7. The number of cyclic esters (lactones) is 1. The predicted molar refractivity (Wildman–Crippen MR) is 339 cm³/mol. The first-order valence-electron chi connectivity index (χ1n) is 31.8. The number of nitrogens with one attached hydrogen (secondary N) is 1. The molecule has 3 aliphatic heterocycles. The highest BCUT2D eigenvalue weighted by Gasteiger charge is 2.53. The summed E-state index contributed by atoms with van der Waals surface area (Å²) in [5.74, 6) is -7.40. The van der Waals surface area contributed by atoms with Crippen molar-refractivity contribution < 1.29 is 63.0 Å². The smallest absolute Gasteiger partial charge is 0.329 e. The van der Waals surface area contributed by atoms with Gasteiger partial charge in [-0.1, -0.05) is 101 Å². The molecule has 3 fully saturated rings. The predicted octanol–water partition coefficient (Wildman–Crippen LogP) is 9.40. The Morgan fingerprint density at radius 2 is 1.56 bits per heavy atom. The second kappa shape index (κ2) is 33.1. The van der Waals surface area contributed by atoms with Gasteiger partial charge in [-0.2, -0.15) is 4.98 Å². The number of nitrogens with zero attached hydrogens (tertiary/aromatic N) is 4. The number of carbonyl (C=O) groups is 5. The summed E-state index contributed by atoms with van der Waals surface area (Å²) in [6.45, 7) is 19.9. The van der Waals surface area contributed by atoms with E-state index in [1.807, 2.05) is 115 Å². The number of aryl methyl sites for hydroxylation is 2. The molecule has 15 atom stereocenters. The molecule has 19 nitrogen and oxygen atoms in total. The fraction of sp³-hybridized carbons (Fsp3) is 0.623. The largest absolute Gasteiger partial charge is 0.460 e. The lowest BCUT2D eigenvalue weighted by atomic mass is 9.78. The summed E-state index contributed by atoms with van der Waals surface area (Å²) >= 11 is 0. The molecule has 0 unspecified atom stereocenters. The van der Waals surface area contributed by atoms with E-state index in [1.54, 1.807) is 45.6 Å². The van der Waals surface area contributed by atoms with E-state index in [4.69, 9.17) is 23.7 Å². The van der Waals surface area contributed by atoms with Gasteiger partial charge in [0.15, 0.2) is 5.78 Å². The van der Waals surface area contributed by atoms with E-state index in [0.717, 1.165) is 35.2 Å². The average molecular weight is 1220 g/mol. The van der Waals surface area contributed by atoms with Gasteiger partial charge in [0, 0.05) is 82.5 Å². The summed E-state index contributed by atoms with van der Waals surface area (Å²) in [6, 6.07) is 10.5. The van der Waals surface area contributed by atoms with Gasteiger partial charge in [-0.25, -0.2) is 9.78 Å². The Balaban J connectivity index is 0.000000444. The van der Waals surface area contributed by atoms with Gasteiger partial charge >= 0.3 is 5.97 Å². The van der Waals surface area contributed by atoms with Gasteiger partial charge in [-0.15, -0.1) is 0 Å². The van der Waals surface area contributed by atoms with Crippen molar-refractivity contribution in [3.05, 3.63) is 100 Å². The molecule has 7 rings (SSSR count). The maximum atomic E-state index is 14.4. The fourth-order valence-electron chi connectivity index (χ4n) is 12.9. The van der Waals surface area contributed by atoms with Crippen LogP contribution in [0.1, 0.15) is 145 Å². The topological polar surface area (TPSA) is 255 Å². The number of aromatic nitrogens is 3. The second-order valence-electron chi connectivity index (χ2n) is 25.0. The minimum Gasteiger partial charge on any atom is -0.460 e. The first kappa shape index (κ1) is 71.0. The van der Waals surface area contributed by atoms with Crippen molar-refractivity contribution in [3.8, 4) is 11.1 Å². The van der Waals surface area contributed by atoms with Gasteiger partial charge in [0.05, 0.1) is 30.1 Å². The number of piperidine rings is 1. The lowest BCUT2D eigenvalue weighted by Gasteiger charge is -2.42. The number of hydrogen-bond acceptors (Lipinski definition) is 17. The molecular formula is C69H99N5O14. The highest BCUT2D eigenvalue weighted by atomic mass is 16.6. The molecule has 0 spiro atoms. The van der Waals surface area contributed by atoms with Crippen molar-refractivity contribution in [1.29, 1.82) is 0 Å². The summed E-state index contributed by atoms with van der Waals surface area (Å²) in [5.41, 5.74) is 4.39. The fourth-order valence-corrected chi connectivity index (χ4v) is 12.9. The van der Waals surface area contributed by atoms with Gasteiger partial charge in [-0.05, 0) is 139 Å². The molecule has 88 heavy (non-hydrogen) atoms. The van der Waals surface area contributed by atoms with Crippen LogP contribution in [-0.4, -0.2) is 153 Å². The van der Waals surface area contributed by atoms with Crippen LogP contribution in [0.4, 0.5) is 5.95 Å². The molecule has 3 aromatic rings. The van der Waals surface area contributed by atoms with E-state index in [0.29, 0.717) is 87.1 Å². The van der Waals surface area contributed by atoms with Crippen LogP contribution < -0.4 is 10.9 Å². The summed E-state index contributed by atoms with van der Waals surface area (Å²) in [7, 11) is 4.52. The molecule has 1 saturated carbocycles. The minimum absolute atomic E-state index is 0.0193. The maximum Gasteiger partial charge on any atom is 0.329 e. The van der Waals surface area contributed by atoms with E-state index < -0.39 is 83.9 Å². The molecule has 2 aromatic heterocycles. The molecule has 4 aliphatic rings. The number of pyridine rings is 1. The lowest BCUT2D eigenvalue weighted by molar-refractivity contribution is -0.265. The molecule has 4 N–H and O–H groups in total. The number of allylic oxidation sites excluding steroid dienone is 6. The minimum atomic E-state index is -2.43. The van der Waals surface area contributed by atoms with E-state index in [1.165, 1.54) is 12.0 Å². The van der Waals surface area contributed by atoms with Crippen LogP contribution in [0.15, 0.2) is 88.8 Å². The Hall–Kier alpha value is -6.06. The van der Waals surface area contributed by atoms with Crippen LogP contribution >= 0.6 is 0 Å². The number of Topliss-reactive ketones (excluding diaryl/α,β-unsaturated/α-hetero) is 3. The van der Waals surface area contributed by atoms with Crippen LogP contribution in [0.25, 0.3) is 22.2 Å². The van der Waals surface area contributed by atoms with Crippen LogP contribution in [-0.2, 0) is 54.2 Å². The Morgan fingerprint density at radius 1 is 0.830 bits per heavy atom. The lowest BCUT2D eigenvalue weighted by Crippen LogP contribution is -2.61. The second-order valence-corrected chi connectivity index (χ2v) is 25.0. The number of ketones is 3. The summed E-state index contributed by atoms with van der Waals surface area (Å²) in [4.78, 5) is 93.7. The third-order valence-electron chi connectivity index (χ3n) is 18.4. The molecular weight excluding hydrogens is 1120 g/mol. The number of ether oxygens (including phenoxy) is 5. The number of esters is 1. The number of rotatable bonds is 10. The number of aliphatic hydroxyl groups is 3. The van der Waals surface area contributed by atoms with Gasteiger partial charge in [0.25, 0.3) is 17.2 Å². The molecule has 1 amide bonds. The monoisotopic (exact) mass is 1220 g/mol. The van der Waals surface area contributed by atoms with Crippen LogP contribution in [0.5, 0.6) is 0 Å². The van der Waals surface area contributed by atoms with Crippen molar-refractivity contribution in [1.82, 2.24) is 19.4 Å². The van der Waals surface area contributed by atoms with Crippen molar-refractivity contribution in [3.63, 3.8) is 0 Å². The molecule has 484 valence electrons. The zero-order valence-electron chi connectivity index (χ0n) is 54.2. The Morgan fingerprint density at radius 3 is 2.23 bits per heavy atom. The van der Waals surface area contributed by atoms with E-state index in [9.17, 15) is 44.1 Å². The number of carbonyl (C=O) groups excluding carboxylic acids is 5. The van der Waals surface area contributed by atoms with Crippen molar-refractivity contribution in [2.75, 3.05) is 39.7 Å². The average Bonchev–Trinajstić information content (AvgIpc) is 1.24. The van der Waals surface area contributed by atoms with Crippen molar-refractivity contribution >= 4 is 46.2 Å². The third kappa shape index (κ3) is 17.9. The van der Waals surface area contributed by atoms with Crippen LogP contribution in [0.2, 0.25) is 0 Å². The van der Waals surface area contributed by atoms with Crippen molar-refractivity contribution in [2.45, 2.75) is 207 Å². The Bertz CT molecular complexity index is 3050. The summed E-state index contributed by atoms with van der Waals surface area (Å²) in [6.07, 6.45) is 11.2. The van der Waals surface area contributed by atoms with E-state index in [-0.39, 0.29) is 60.4 Å². The summed E-state index contributed by atoms with van der Waals surface area (Å²) in [5, 5.41) is 37.9. The van der Waals surface area contributed by atoms with Gasteiger partial charge in [-0.3, -0.25) is 28.5 Å². The van der Waals surface area contributed by atoms with Gasteiger partial charge < -0.3 is 49.2 Å². The van der Waals surface area contributed by atoms with E-state index >= 15 is 0 Å². The van der Waals surface area contributed by atoms with Crippen LogP contribution in [0.3, 0.4) is 0 Å². The zero-order valence-corrected chi connectivity index (χ0v) is 54.2. The number of hydrogen-bond donors (Lipinski definition) is 4. The highest BCUT2D eigenvalue weighted by molar-refractivity contribution is 6.39. The van der Waals surface area contributed by atoms with Gasteiger partial charge in [0.2, 0.25) is 11.7 Å². The molecule has 2 saturated heterocycles. The zero-order chi connectivity index (χ0) is 64.6. The number of aliphatic hydroxyl groups excluding tert-OH is 2. The number of fused-ring (bicyclic) bond motifs is 4. The standard InChI is InChI=1S/C51H79NO13.C18H20N4O/c1-30-16-12-11-13-17-31(2)42(61-8)28-38-21-19-36(7)51(60,65-38)48(57)49(58)52-23-15-14-18-39(52)50(59)64-43(33(4)26-37-20-22-40(53)44(27-37)62-9)29-41(54)32(3)25-35(6)46(56)47(63-10)45(55)34(5)24-30;1-4-19-18-20-12(3)14-11-15(13-9-7-6-8-10-13)17(23)22(5-2)16(14)21-18/h11-13,16-17,25,30,32-34,36-40,42-44,46-47,53,56,60H,14-15,18-24,26-29H2,1-10H3;6-11H,4-5H2,1-3H3,(H,19,20,21)/b13-11+,16-12+,31-17+,35-25+;/t30-,32-,33-,34-,36-,37+,38+,39+,40-,42+,43+,44-,46-,47+,51-;/m1./s1. The number of methoxy groups -OCH3 is 3. The molecule has 19 heteroatoms. The number of benzene rings is 1. The number of anilines is 1. The molecule has 0 radical (unpaired) electrons. The number of amides is 1. The third-order valence-corrected chi connectivity index (χ3v) is 18.4. The first-order chi connectivity index (χ1) is 41.9. The van der Waals surface area contributed by atoms with Crippen LogP contribution in [0, 0.1) is 42.4 Å².